The van der Waals surface area contributed by atoms with Crippen LogP contribution in [0.15, 0.2) is 18.2 Å². The Bertz CT molecular complexity index is 446. The number of nitrogens with two attached hydrogens (primary N) is 1. The predicted octanol–water partition coefficient (Wildman–Crippen LogP) is 1.39. The largest absolute Gasteiger partial charge is 0.506 e. The second-order valence-electron chi connectivity index (χ2n) is 4.98. The van der Waals surface area contributed by atoms with Crippen LogP contribution in [-0.2, 0) is 0 Å². The number of carbonyl (C=O) groups is 1. The fraction of sp³-hybridized carbons (Fsp3) is 0.500. The van der Waals surface area contributed by atoms with E-state index in [-0.39, 0.29) is 23.4 Å². The summed E-state index contributed by atoms with van der Waals surface area (Å²) in [6, 6.07) is 4.71. The lowest BCUT2D eigenvalue weighted by Crippen LogP contribution is -2.43. The van der Waals surface area contributed by atoms with Crippen molar-refractivity contribution in [3.63, 3.8) is 0 Å². The summed E-state index contributed by atoms with van der Waals surface area (Å²) < 4.78 is 0. The Morgan fingerprint density at radius 1 is 1.42 bits per heavy atom. The Hall–Kier alpha value is -1.75. The predicted molar refractivity (Wildman–Crippen MR) is 77.2 cm³/mol. The average molecular weight is 265 g/mol. The first-order valence-electron chi connectivity index (χ1n) is 6.41. The van der Waals surface area contributed by atoms with Crippen molar-refractivity contribution in [3.05, 3.63) is 23.8 Å². The van der Waals surface area contributed by atoms with Gasteiger partial charge in [0.15, 0.2) is 0 Å². The summed E-state index contributed by atoms with van der Waals surface area (Å²) in [5.41, 5.74) is 6.28. The van der Waals surface area contributed by atoms with Crippen LogP contribution in [-0.4, -0.2) is 54.0 Å². The Labute approximate surface area is 114 Å². The van der Waals surface area contributed by atoms with Crippen molar-refractivity contribution >= 4 is 11.6 Å². The standard InChI is InChI=1S/C14H23N3O2/c1-5-17(10(2)9-16(3)4)14(19)11-6-7-12(15)13(18)8-11/h6-8,10,18H,5,9,15H2,1-4H3. The number of carbonyl (C=O) groups excluding carboxylic acids is 1. The van der Waals surface area contributed by atoms with Crippen molar-refractivity contribution in [1.29, 1.82) is 0 Å². The number of nitrogens with zero attached hydrogens (tertiary/aromatic N) is 2. The molecule has 1 unspecified atom stereocenters. The van der Waals surface area contributed by atoms with E-state index in [0.29, 0.717) is 12.1 Å². The van der Waals surface area contributed by atoms with E-state index in [0.717, 1.165) is 6.54 Å². The van der Waals surface area contributed by atoms with E-state index in [2.05, 4.69) is 0 Å². The highest BCUT2D eigenvalue weighted by atomic mass is 16.3. The first-order chi connectivity index (χ1) is 8.86. The molecule has 0 fully saturated rings. The number of anilines is 1. The summed E-state index contributed by atoms with van der Waals surface area (Å²) >= 11 is 0. The quantitative estimate of drug-likeness (QED) is 0.623. The van der Waals surface area contributed by atoms with E-state index >= 15 is 0 Å². The molecular weight excluding hydrogens is 242 g/mol. The normalized spacial score (nSPS) is 12.5. The van der Waals surface area contributed by atoms with Crippen LogP contribution in [0.1, 0.15) is 24.2 Å². The number of phenols is 1. The minimum Gasteiger partial charge on any atom is -0.506 e. The van der Waals surface area contributed by atoms with Gasteiger partial charge >= 0.3 is 0 Å². The van der Waals surface area contributed by atoms with Gasteiger partial charge in [0, 0.05) is 24.7 Å². The molecule has 5 heteroatoms. The number of hydrogen-bond acceptors (Lipinski definition) is 4. The molecule has 1 aromatic rings. The lowest BCUT2D eigenvalue weighted by atomic mass is 10.1. The van der Waals surface area contributed by atoms with Gasteiger partial charge in [-0.3, -0.25) is 4.79 Å². The smallest absolute Gasteiger partial charge is 0.254 e. The van der Waals surface area contributed by atoms with Gasteiger partial charge in [0.1, 0.15) is 5.75 Å². The third-order valence-electron chi connectivity index (χ3n) is 3.04. The van der Waals surface area contributed by atoms with Crippen LogP contribution in [0.3, 0.4) is 0 Å². The number of hydrogen-bond donors (Lipinski definition) is 2. The number of benzene rings is 1. The van der Waals surface area contributed by atoms with Gasteiger partial charge in [0.05, 0.1) is 5.69 Å². The molecule has 5 nitrogen and oxygen atoms in total. The molecule has 1 aromatic carbocycles. The highest BCUT2D eigenvalue weighted by Crippen LogP contribution is 2.22. The molecule has 19 heavy (non-hydrogen) atoms. The zero-order valence-electron chi connectivity index (χ0n) is 12.1. The van der Waals surface area contributed by atoms with Crippen LogP contribution >= 0.6 is 0 Å². The van der Waals surface area contributed by atoms with Gasteiger partial charge < -0.3 is 20.6 Å². The summed E-state index contributed by atoms with van der Waals surface area (Å²) in [6.07, 6.45) is 0. The summed E-state index contributed by atoms with van der Waals surface area (Å²) in [6.45, 7) is 5.37. The van der Waals surface area contributed by atoms with Crippen molar-refractivity contribution in [2.24, 2.45) is 0 Å². The third-order valence-corrected chi connectivity index (χ3v) is 3.04. The number of rotatable bonds is 5. The second kappa shape index (κ2) is 6.43. The molecule has 0 aliphatic heterocycles. The van der Waals surface area contributed by atoms with E-state index in [4.69, 9.17) is 5.73 Å². The van der Waals surface area contributed by atoms with E-state index in [1.165, 1.54) is 6.07 Å². The summed E-state index contributed by atoms with van der Waals surface area (Å²) in [7, 11) is 3.95. The fourth-order valence-corrected chi connectivity index (χ4v) is 2.12. The number of amides is 1. The van der Waals surface area contributed by atoms with Gasteiger partial charge in [-0.05, 0) is 46.1 Å². The average Bonchev–Trinajstić information content (AvgIpc) is 2.32. The maximum absolute atomic E-state index is 12.4. The molecular formula is C14H23N3O2. The lowest BCUT2D eigenvalue weighted by molar-refractivity contribution is 0.0678. The third kappa shape index (κ3) is 3.86. The molecule has 0 saturated heterocycles. The summed E-state index contributed by atoms with van der Waals surface area (Å²) in [4.78, 5) is 16.2. The first kappa shape index (κ1) is 15.3. The first-order valence-corrected chi connectivity index (χ1v) is 6.41. The van der Waals surface area contributed by atoms with Gasteiger partial charge in [0.25, 0.3) is 5.91 Å². The zero-order valence-corrected chi connectivity index (χ0v) is 12.1. The van der Waals surface area contributed by atoms with Crippen molar-refractivity contribution in [2.75, 3.05) is 32.9 Å². The molecule has 0 aliphatic rings. The number of likely N-dealkylation sites (N-methyl/N-ethyl adjacent to an activating group) is 2. The highest BCUT2D eigenvalue weighted by Gasteiger charge is 2.21. The number of nitrogen functional groups attached to an aromatic ring is 1. The Morgan fingerprint density at radius 2 is 2.05 bits per heavy atom. The van der Waals surface area contributed by atoms with Crippen molar-refractivity contribution in [1.82, 2.24) is 9.80 Å². The van der Waals surface area contributed by atoms with Gasteiger partial charge in [0.2, 0.25) is 0 Å². The molecule has 1 atom stereocenters. The molecule has 0 radical (unpaired) electrons. The van der Waals surface area contributed by atoms with Gasteiger partial charge in [-0.1, -0.05) is 0 Å². The van der Waals surface area contributed by atoms with Crippen LogP contribution < -0.4 is 5.73 Å². The summed E-state index contributed by atoms with van der Waals surface area (Å²) in [5, 5.41) is 9.58. The van der Waals surface area contributed by atoms with E-state index in [1.807, 2.05) is 32.8 Å². The molecule has 1 amide bonds. The second-order valence-corrected chi connectivity index (χ2v) is 4.98. The van der Waals surface area contributed by atoms with Crippen molar-refractivity contribution < 1.29 is 9.90 Å². The number of aromatic hydroxyl groups is 1. The van der Waals surface area contributed by atoms with Crippen molar-refractivity contribution in [3.8, 4) is 5.75 Å². The van der Waals surface area contributed by atoms with Crippen molar-refractivity contribution in [2.45, 2.75) is 19.9 Å². The number of phenolic OH excluding ortho intramolecular Hbond substituents is 1. The van der Waals surface area contributed by atoms with Crippen LogP contribution in [0.5, 0.6) is 5.75 Å². The maximum atomic E-state index is 12.4. The topological polar surface area (TPSA) is 69.8 Å². The molecule has 0 bridgehead atoms. The van der Waals surface area contributed by atoms with Crippen LogP contribution in [0.4, 0.5) is 5.69 Å². The maximum Gasteiger partial charge on any atom is 0.254 e. The summed E-state index contributed by atoms with van der Waals surface area (Å²) in [5.74, 6) is -0.144. The molecule has 3 N–H and O–H groups in total. The van der Waals surface area contributed by atoms with Gasteiger partial charge in [-0.15, -0.1) is 0 Å². The zero-order chi connectivity index (χ0) is 14.6. The highest BCUT2D eigenvalue weighted by molar-refractivity contribution is 5.95. The molecule has 0 aromatic heterocycles. The van der Waals surface area contributed by atoms with E-state index < -0.39 is 0 Å². The minimum atomic E-state index is -0.0906. The minimum absolute atomic E-state index is 0.0536. The molecule has 0 aliphatic carbocycles. The fourth-order valence-electron chi connectivity index (χ4n) is 2.12. The SMILES string of the molecule is CCN(C(=O)c1ccc(N)c(O)c1)C(C)CN(C)C. The van der Waals surface area contributed by atoms with Gasteiger partial charge in [-0.2, -0.15) is 0 Å². The Balaban J connectivity index is 2.91. The molecule has 106 valence electrons. The van der Waals surface area contributed by atoms with Gasteiger partial charge in [-0.25, -0.2) is 0 Å². The van der Waals surface area contributed by atoms with Crippen LogP contribution in [0.2, 0.25) is 0 Å². The Morgan fingerprint density at radius 3 is 2.53 bits per heavy atom. The molecule has 1 rings (SSSR count). The molecule has 0 spiro atoms. The Kier molecular flexibility index (Phi) is 5.18. The molecule has 0 heterocycles. The van der Waals surface area contributed by atoms with Crippen LogP contribution in [0.25, 0.3) is 0 Å². The monoisotopic (exact) mass is 265 g/mol. The lowest BCUT2D eigenvalue weighted by Gasteiger charge is -2.30. The van der Waals surface area contributed by atoms with Crippen LogP contribution in [0, 0.1) is 0 Å². The van der Waals surface area contributed by atoms with E-state index in [9.17, 15) is 9.90 Å². The molecule has 0 saturated carbocycles. The van der Waals surface area contributed by atoms with E-state index in [1.54, 1.807) is 17.0 Å².